The van der Waals surface area contributed by atoms with Crippen LogP contribution in [-0.4, -0.2) is 30.3 Å². The van der Waals surface area contributed by atoms with Gasteiger partial charge in [-0.25, -0.2) is 0 Å². The average molecular weight is 316 g/mol. The minimum Gasteiger partial charge on any atom is -0.494 e. The van der Waals surface area contributed by atoms with Gasteiger partial charge in [0.05, 0.1) is 12.7 Å². The minimum absolute atomic E-state index is 0.0599. The van der Waals surface area contributed by atoms with Crippen molar-refractivity contribution in [1.29, 1.82) is 0 Å². The highest BCUT2D eigenvalue weighted by molar-refractivity contribution is 9.10. The second-order valence-corrected chi connectivity index (χ2v) is 4.97. The molecule has 1 aromatic carbocycles. The maximum atomic E-state index is 11.3. The molecule has 0 saturated heterocycles. The Labute approximate surface area is 115 Å². The monoisotopic (exact) mass is 315 g/mol. The molecule has 0 aliphatic carbocycles. The quantitative estimate of drug-likeness (QED) is 0.758. The molecule has 0 radical (unpaired) electrons. The van der Waals surface area contributed by atoms with Crippen LogP contribution in [0.3, 0.4) is 0 Å². The van der Waals surface area contributed by atoms with Crippen LogP contribution in [0.2, 0.25) is 0 Å². The first-order valence-electron chi connectivity index (χ1n) is 5.91. The molecule has 0 aromatic heterocycles. The summed E-state index contributed by atoms with van der Waals surface area (Å²) in [6.45, 7) is 2.44. The van der Waals surface area contributed by atoms with E-state index in [4.69, 9.17) is 9.84 Å². The summed E-state index contributed by atoms with van der Waals surface area (Å²) in [5, 5.41) is 11.6. The van der Waals surface area contributed by atoms with Gasteiger partial charge in [-0.15, -0.1) is 0 Å². The number of carbonyl (C=O) groups is 1. The number of hydrogen-bond donors (Lipinski definition) is 2. The van der Waals surface area contributed by atoms with Gasteiger partial charge in [0.1, 0.15) is 5.75 Å². The van der Waals surface area contributed by atoms with Crippen molar-refractivity contribution in [3.8, 4) is 5.75 Å². The van der Waals surface area contributed by atoms with E-state index < -0.39 is 6.10 Å². The van der Waals surface area contributed by atoms with Crippen molar-refractivity contribution in [2.75, 3.05) is 13.2 Å². The third-order valence-corrected chi connectivity index (χ3v) is 2.75. The Morgan fingerprint density at radius 3 is 2.72 bits per heavy atom. The molecule has 1 amide bonds. The largest absolute Gasteiger partial charge is 0.494 e. The molecule has 0 aliphatic heterocycles. The van der Waals surface area contributed by atoms with Crippen molar-refractivity contribution in [2.45, 2.75) is 25.9 Å². The topological polar surface area (TPSA) is 58.6 Å². The zero-order chi connectivity index (χ0) is 13.4. The van der Waals surface area contributed by atoms with E-state index in [1.54, 1.807) is 6.92 Å². The van der Waals surface area contributed by atoms with Crippen LogP contribution in [0.5, 0.6) is 5.75 Å². The number of benzene rings is 1. The third-order valence-electron chi connectivity index (χ3n) is 2.23. The molecule has 0 saturated carbocycles. The number of amides is 1. The van der Waals surface area contributed by atoms with E-state index in [1.807, 2.05) is 24.3 Å². The van der Waals surface area contributed by atoms with Crippen LogP contribution in [0.25, 0.3) is 0 Å². The smallest absolute Gasteiger partial charge is 0.220 e. The number of aliphatic hydroxyl groups excluding tert-OH is 1. The van der Waals surface area contributed by atoms with E-state index in [1.165, 1.54) is 0 Å². The van der Waals surface area contributed by atoms with Crippen LogP contribution in [0.15, 0.2) is 28.7 Å². The van der Waals surface area contributed by atoms with Crippen molar-refractivity contribution in [3.63, 3.8) is 0 Å². The SMILES string of the molecule is C[C@H](O)CNC(=O)CCCOc1ccc(Br)cc1. The number of ether oxygens (including phenoxy) is 1. The molecule has 1 atom stereocenters. The van der Waals surface area contributed by atoms with Crippen molar-refractivity contribution < 1.29 is 14.6 Å². The summed E-state index contributed by atoms with van der Waals surface area (Å²) in [6.07, 6.45) is 0.554. The lowest BCUT2D eigenvalue weighted by atomic mass is 10.3. The van der Waals surface area contributed by atoms with Crippen molar-refractivity contribution in [2.24, 2.45) is 0 Å². The average Bonchev–Trinajstić information content (AvgIpc) is 2.34. The summed E-state index contributed by atoms with van der Waals surface area (Å²) >= 11 is 3.35. The lowest BCUT2D eigenvalue weighted by molar-refractivity contribution is -0.121. The molecule has 4 nitrogen and oxygen atoms in total. The van der Waals surface area contributed by atoms with Crippen molar-refractivity contribution in [3.05, 3.63) is 28.7 Å². The number of aliphatic hydroxyl groups is 1. The van der Waals surface area contributed by atoms with Gasteiger partial charge < -0.3 is 15.2 Å². The molecule has 2 N–H and O–H groups in total. The predicted octanol–water partition coefficient (Wildman–Crippen LogP) is 2.11. The Morgan fingerprint density at radius 1 is 1.44 bits per heavy atom. The van der Waals surface area contributed by atoms with Gasteiger partial charge in [-0.2, -0.15) is 0 Å². The number of halogens is 1. The molecule has 5 heteroatoms. The second-order valence-electron chi connectivity index (χ2n) is 4.06. The van der Waals surface area contributed by atoms with Crippen LogP contribution >= 0.6 is 15.9 Å². The molecule has 1 aromatic rings. The lowest BCUT2D eigenvalue weighted by Gasteiger charge is -2.08. The van der Waals surface area contributed by atoms with Gasteiger partial charge in [0.15, 0.2) is 0 Å². The Hall–Kier alpha value is -1.07. The molecule has 0 spiro atoms. The van der Waals surface area contributed by atoms with Gasteiger partial charge >= 0.3 is 0 Å². The van der Waals surface area contributed by atoms with Crippen LogP contribution < -0.4 is 10.1 Å². The van der Waals surface area contributed by atoms with Gasteiger partial charge in [-0.3, -0.25) is 4.79 Å². The Bertz CT molecular complexity index is 365. The fraction of sp³-hybridized carbons (Fsp3) is 0.462. The summed E-state index contributed by atoms with van der Waals surface area (Å²) < 4.78 is 6.49. The molecular weight excluding hydrogens is 298 g/mol. The minimum atomic E-state index is -0.507. The summed E-state index contributed by atoms with van der Waals surface area (Å²) in [5.41, 5.74) is 0. The van der Waals surface area contributed by atoms with Gasteiger partial charge in [0.2, 0.25) is 5.91 Å². The maximum absolute atomic E-state index is 11.3. The van der Waals surface area contributed by atoms with E-state index in [2.05, 4.69) is 21.2 Å². The van der Waals surface area contributed by atoms with Crippen molar-refractivity contribution >= 4 is 21.8 Å². The normalized spacial score (nSPS) is 11.9. The van der Waals surface area contributed by atoms with Gasteiger partial charge in [-0.1, -0.05) is 15.9 Å². The number of carbonyl (C=O) groups excluding carboxylic acids is 1. The highest BCUT2D eigenvalue weighted by Crippen LogP contribution is 2.16. The predicted molar refractivity (Wildman–Crippen MR) is 73.6 cm³/mol. The number of rotatable bonds is 7. The van der Waals surface area contributed by atoms with E-state index >= 15 is 0 Å². The summed E-state index contributed by atoms with van der Waals surface area (Å²) in [6, 6.07) is 7.56. The highest BCUT2D eigenvalue weighted by atomic mass is 79.9. The molecule has 0 aliphatic rings. The summed E-state index contributed by atoms with van der Waals surface area (Å²) in [7, 11) is 0. The zero-order valence-electron chi connectivity index (χ0n) is 10.4. The first-order valence-corrected chi connectivity index (χ1v) is 6.70. The Kier molecular flexibility index (Phi) is 6.75. The van der Waals surface area contributed by atoms with E-state index in [9.17, 15) is 4.79 Å². The van der Waals surface area contributed by atoms with Crippen LogP contribution in [0.1, 0.15) is 19.8 Å². The molecule has 1 rings (SSSR count). The third kappa shape index (κ3) is 6.61. The molecule has 0 fully saturated rings. The van der Waals surface area contributed by atoms with Gasteiger partial charge in [0, 0.05) is 17.4 Å². The first kappa shape index (κ1) is 15.0. The van der Waals surface area contributed by atoms with Gasteiger partial charge in [-0.05, 0) is 37.6 Å². The van der Waals surface area contributed by atoms with Gasteiger partial charge in [0.25, 0.3) is 0 Å². The standard InChI is InChI=1S/C13H18BrNO3/c1-10(16)9-15-13(17)3-2-8-18-12-6-4-11(14)5-7-12/h4-7,10,16H,2-3,8-9H2,1H3,(H,15,17)/t10-/m0/s1. The molecule has 0 bridgehead atoms. The number of hydrogen-bond acceptors (Lipinski definition) is 3. The van der Waals surface area contributed by atoms with E-state index in [0.717, 1.165) is 10.2 Å². The fourth-order valence-corrected chi connectivity index (χ4v) is 1.57. The first-order chi connectivity index (χ1) is 8.58. The second kappa shape index (κ2) is 8.11. The van der Waals surface area contributed by atoms with Crippen LogP contribution in [0, 0.1) is 0 Å². The zero-order valence-corrected chi connectivity index (χ0v) is 11.9. The highest BCUT2D eigenvalue weighted by Gasteiger charge is 2.03. The fourth-order valence-electron chi connectivity index (χ4n) is 1.30. The molecule has 0 heterocycles. The number of nitrogens with one attached hydrogen (secondary N) is 1. The summed E-state index contributed by atoms with van der Waals surface area (Å²) in [4.78, 5) is 11.3. The van der Waals surface area contributed by atoms with Crippen LogP contribution in [-0.2, 0) is 4.79 Å². The van der Waals surface area contributed by atoms with Crippen molar-refractivity contribution in [1.82, 2.24) is 5.32 Å². The lowest BCUT2D eigenvalue weighted by Crippen LogP contribution is -2.30. The molecular formula is C13H18BrNO3. The Balaban J connectivity index is 2.11. The van der Waals surface area contributed by atoms with E-state index in [-0.39, 0.29) is 5.91 Å². The van der Waals surface area contributed by atoms with E-state index in [0.29, 0.717) is 26.0 Å². The molecule has 100 valence electrons. The molecule has 18 heavy (non-hydrogen) atoms. The van der Waals surface area contributed by atoms with Crippen LogP contribution in [0.4, 0.5) is 0 Å². The molecule has 0 unspecified atom stereocenters. The maximum Gasteiger partial charge on any atom is 0.220 e. The Morgan fingerprint density at radius 2 is 2.11 bits per heavy atom. The summed E-state index contributed by atoms with van der Waals surface area (Å²) in [5.74, 6) is 0.734.